The smallest absolute Gasteiger partial charge is 0.235 e. The number of fused-ring (bicyclic) bond motifs is 1. The molecule has 1 N–H and O–H groups in total. The lowest BCUT2D eigenvalue weighted by Crippen LogP contribution is -2.02. The third-order valence-corrected chi connectivity index (χ3v) is 3.47. The van der Waals surface area contributed by atoms with Crippen molar-refractivity contribution < 1.29 is 9.52 Å². The van der Waals surface area contributed by atoms with Crippen molar-refractivity contribution in [2.75, 3.05) is 0 Å². The Kier molecular flexibility index (Phi) is 2.99. The molecule has 3 aromatic rings. The number of hydrogen-bond acceptors (Lipinski definition) is 3. The van der Waals surface area contributed by atoms with E-state index in [-0.39, 0.29) is 5.76 Å². The molecule has 0 unspecified atom stereocenters. The average Bonchev–Trinajstić information content (AvgIpc) is 2.43. The Morgan fingerprint density at radius 3 is 2.65 bits per heavy atom. The van der Waals surface area contributed by atoms with Crippen molar-refractivity contribution >= 4 is 22.6 Å². The number of rotatable bonds is 1. The molecule has 3 rings (SSSR count). The van der Waals surface area contributed by atoms with E-state index in [0.29, 0.717) is 21.6 Å². The normalized spacial score (nSPS) is 10.9. The zero-order valence-electron chi connectivity index (χ0n) is 10.7. The lowest BCUT2D eigenvalue weighted by Gasteiger charge is -2.07. The quantitative estimate of drug-likeness (QED) is 0.732. The predicted molar refractivity (Wildman–Crippen MR) is 79.3 cm³/mol. The molecular formula is C16H11ClO3. The van der Waals surface area contributed by atoms with Crippen molar-refractivity contribution in [1.29, 1.82) is 0 Å². The molecule has 1 heterocycles. The molecule has 0 amide bonds. The Morgan fingerprint density at radius 2 is 1.90 bits per heavy atom. The van der Waals surface area contributed by atoms with Crippen LogP contribution in [-0.4, -0.2) is 5.11 Å². The highest BCUT2D eigenvalue weighted by molar-refractivity contribution is 6.33. The van der Waals surface area contributed by atoms with Crippen LogP contribution in [0.3, 0.4) is 0 Å². The van der Waals surface area contributed by atoms with E-state index in [4.69, 9.17) is 16.0 Å². The van der Waals surface area contributed by atoms with Crippen molar-refractivity contribution in [2.24, 2.45) is 0 Å². The average molecular weight is 287 g/mol. The Hall–Kier alpha value is -2.26. The molecule has 4 heteroatoms. The third-order valence-electron chi connectivity index (χ3n) is 3.14. The predicted octanol–water partition coefficient (Wildman–Crippen LogP) is 4.13. The number of aryl methyl sites for hydroxylation is 1. The first-order valence-electron chi connectivity index (χ1n) is 6.09. The maximum atomic E-state index is 12.2. The Labute approximate surface area is 120 Å². The minimum Gasteiger partial charge on any atom is -0.502 e. The molecule has 20 heavy (non-hydrogen) atoms. The maximum Gasteiger partial charge on any atom is 0.235 e. The van der Waals surface area contributed by atoms with Gasteiger partial charge >= 0.3 is 0 Å². The summed E-state index contributed by atoms with van der Waals surface area (Å²) in [5, 5.41) is 10.8. The van der Waals surface area contributed by atoms with Gasteiger partial charge in [-0.15, -0.1) is 0 Å². The molecule has 100 valence electrons. The van der Waals surface area contributed by atoms with Gasteiger partial charge in [-0.3, -0.25) is 4.79 Å². The fourth-order valence-electron chi connectivity index (χ4n) is 2.12. The van der Waals surface area contributed by atoms with E-state index in [1.807, 2.05) is 6.92 Å². The van der Waals surface area contributed by atoms with Gasteiger partial charge in [0.15, 0.2) is 5.76 Å². The van der Waals surface area contributed by atoms with E-state index in [9.17, 15) is 9.90 Å². The topological polar surface area (TPSA) is 50.4 Å². The van der Waals surface area contributed by atoms with Gasteiger partial charge in [-0.2, -0.15) is 0 Å². The van der Waals surface area contributed by atoms with E-state index < -0.39 is 11.2 Å². The van der Waals surface area contributed by atoms with Gasteiger partial charge in [0, 0.05) is 5.56 Å². The zero-order chi connectivity index (χ0) is 14.3. The highest BCUT2D eigenvalue weighted by Crippen LogP contribution is 2.34. The Morgan fingerprint density at radius 1 is 1.15 bits per heavy atom. The van der Waals surface area contributed by atoms with Gasteiger partial charge in [0.25, 0.3) is 0 Å². The van der Waals surface area contributed by atoms with Crippen LogP contribution in [-0.2, 0) is 0 Å². The molecule has 0 aliphatic heterocycles. The molecule has 3 nitrogen and oxygen atoms in total. The van der Waals surface area contributed by atoms with Gasteiger partial charge in [-0.1, -0.05) is 29.8 Å². The van der Waals surface area contributed by atoms with Crippen molar-refractivity contribution in [3.05, 3.63) is 63.3 Å². The van der Waals surface area contributed by atoms with Crippen molar-refractivity contribution in [3.8, 4) is 17.1 Å². The highest BCUT2D eigenvalue weighted by Gasteiger charge is 2.17. The summed E-state index contributed by atoms with van der Waals surface area (Å²) in [5.74, 6) is -0.326. The van der Waals surface area contributed by atoms with Crippen molar-refractivity contribution in [3.63, 3.8) is 0 Å². The van der Waals surface area contributed by atoms with Gasteiger partial charge in [-0.05, 0) is 36.8 Å². The molecule has 2 aromatic carbocycles. The summed E-state index contributed by atoms with van der Waals surface area (Å²) in [6.07, 6.45) is 0. The molecule has 1 aromatic heterocycles. The van der Waals surface area contributed by atoms with Crippen LogP contribution in [0.2, 0.25) is 5.02 Å². The SMILES string of the molecule is Cc1ccc2c(=O)c(O)c(-c3ccccc3Cl)oc2c1. The van der Waals surface area contributed by atoms with Gasteiger partial charge in [0.2, 0.25) is 11.2 Å². The fourth-order valence-corrected chi connectivity index (χ4v) is 2.34. The Balaban J connectivity index is 2.40. The molecule has 0 bridgehead atoms. The summed E-state index contributed by atoms with van der Waals surface area (Å²) in [7, 11) is 0. The van der Waals surface area contributed by atoms with Crippen molar-refractivity contribution in [1.82, 2.24) is 0 Å². The summed E-state index contributed by atoms with van der Waals surface area (Å²) < 4.78 is 5.69. The van der Waals surface area contributed by atoms with Crippen LogP contribution in [0.4, 0.5) is 0 Å². The molecule has 0 saturated carbocycles. The van der Waals surface area contributed by atoms with Gasteiger partial charge in [-0.25, -0.2) is 0 Å². The van der Waals surface area contributed by atoms with Crippen molar-refractivity contribution in [2.45, 2.75) is 6.92 Å². The number of hydrogen-bond donors (Lipinski definition) is 1. The molecule has 0 aliphatic carbocycles. The standard InChI is InChI=1S/C16H11ClO3/c1-9-6-7-11-13(8-9)20-16(15(19)14(11)18)10-4-2-3-5-12(10)17/h2-8,19H,1H3. The first-order chi connectivity index (χ1) is 9.58. The number of benzene rings is 2. The zero-order valence-corrected chi connectivity index (χ0v) is 11.4. The molecule has 0 radical (unpaired) electrons. The summed E-state index contributed by atoms with van der Waals surface area (Å²) in [6.45, 7) is 1.90. The molecule has 0 aliphatic rings. The monoisotopic (exact) mass is 286 g/mol. The van der Waals surface area contributed by atoms with Crippen LogP contribution in [0.5, 0.6) is 5.75 Å². The largest absolute Gasteiger partial charge is 0.502 e. The van der Waals surface area contributed by atoms with Gasteiger partial charge < -0.3 is 9.52 Å². The summed E-state index contributed by atoms with van der Waals surface area (Å²) >= 11 is 6.09. The molecule has 0 spiro atoms. The van der Waals surface area contributed by atoms with E-state index in [0.717, 1.165) is 5.56 Å². The van der Waals surface area contributed by atoms with Gasteiger partial charge in [0.1, 0.15) is 5.58 Å². The highest BCUT2D eigenvalue weighted by atomic mass is 35.5. The van der Waals surface area contributed by atoms with Crippen LogP contribution < -0.4 is 5.43 Å². The minimum atomic E-state index is -0.457. The van der Waals surface area contributed by atoms with Crippen LogP contribution in [0.15, 0.2) is 51.7 Å². The first kappa shape index (κ1) is 12.8. The molecular weight excluding hydrogens is 276 g/mol. The second-order valence-corrected chi connectivity index (χ2v) is 5.00. The molecule has 0 atom stereocenters. The maximum absolute atomic E-state index is 12.2. The van der Waals surface area contributed by atoms with E-state index >= 15 is 0 Å². The van der Waals surface area contributed by atoms with Crippen LogP contribution >= 0.6 is 11.6 Å². The summed E-state index contributed by atoms with van der Waals surface area (Å²) in [6, 6.07) is 12.1. The molecule has 0 saturated heterocycles. The second-order valence-electron chi connectivity index (χ2n) is 4.59. The van der Waals surface area contributed by atoms with E-state index in [2.05, 4.69) is 0 Å². The van der Waals surface area contributed by atoms with Gasteiger partial charge in [0.05, 0.1) is 10.4 Å². The third kappa shape index (κ3) is 1.96. The minimum absolute atomic E-state index is 0.0960. The second kappa shape index (κ2) is 4.69. The number of aromatic hydroxyl groups is 1. The van der Waals surface area contributed by atoms with Crippen LogP contribution in [0, 0.1) is 6.92 Å². The lowest BCUT2D eigenvalue weighted by molar-refractivity contribution is 0.449. The lowest BCUT2D eigenvalue weighted by atomic mass is 10.1. The first-order valence-corrected chi connectivity index (χ1v) is 6.47. The van der Waals surface area contributed by atoms with E-state index in [1.54, 1.807) is 42.5 Å². The summed E-state index contributed by atoms with van der Waals surface area (Å²) in [4.78, 5) is 12.2. The Bertz CT molecular complexity index is 865. The number of halogens is 1. The summed E-state index contributed by atoms with van der Waals surface area (Å²) in [5.41, 5.74) is 1.44. The molecule has 0 fully saturated rings. The van der Waals surface area contributed by atoms with Crippen LogP contribution in [0.25, 0.3) is 22.3 Å². The van der Waals surface area contributed by atoms with E-state index in [1.165, 1.54) is 0 Å². The fraction of sp³-hybridized carbons (Fsp3) is 0.0625. The van der Waals surface area contributed by atoms with Crippen LogP contribution in [0.1, 0.15) is 5.56 Å².